The van der Waals surface area contributed by atoms with Gasteiger partial charge in [-0.25, -0.2) is 17.5 Å². The predicted molar refractivity (Wildman–Crippen MR) is 74.0 cm³/mol. The van der Waals surface area contributed by atoms with Crippen molar-refractivity contribution in [2.24, 2.45) is 0 Å². The third-order valence-corrected chi connectivity index (χ3v) is 4.21. The summed E-state index contributed by atoms with van der Waals surface area (Å²) in [6.07, 6.45) is 0.0108. The maximum atomic E-state index is 13.5. The second kappa shape index (κ2) is 6.67. The summed E-state index contributed by atoms with van der Waals surface area (Å²) in [6, 6.07) is 2.25. The molecule has 0 aliphatic rings. The number of anilines is 1. The zero-order valence-corrected chi connectivity index (χ0v) is 12.2. The number of nitrogens with two attached hydrogens (primary N) is 1. The van der Waals surface area contributed by atoms with E-state index in [1.54, 1.807) is 6.92 Å². The van der Waals surface area contributed by atoms with Crippen LogP contribution in [0, 0.1) is 12.7 Å². The van der Waals surface area contributed by atoms with Crippen LogP contribution >= 0.6 is 0 Å². The lowest BCUT2D eigenvalue weighted by Gasteiger charge is -2.10. The third-order valence-electron chi connectivity index (χ3n) is 2.63. The van der Waals surface area contributed by atoms with Gasteiger partial charge in [0.25, 0.3) is 0 Å². The Kier molecular flexibility index (Phi) is 5.46. The number of carbonyl (C=O) groups excluding carboxylic acids is 1. The minimum Gasteiger partial charge on any atom is -0.399 e. The molecule has 0 saturated carbocycles. The molecule has 6 nitrogen and oxygen atoms in total. The Bertz CT molecular complexity index is 602. The van der Waals surface area contributed by atoms with Gasteiger partial charge in [0.15, 0.2) is 0 Å². The lowest BCUT2D eigenvalue weighted by Crippen LogP contribution is -2.31. The Morgan fingerprint density at radius 2 is 2.05 bits per heavy atom. The van der Waals surface area contributed by atoms with Crippen molar-refractivity contribution in [2.45, 2.75) is 25.2 Å². The van der Waals surface area contributed by atoms with Crippen LogP contribution in [0.4, 0.5) is 10.1 Å². The molecule has 1 aromatic carbocycles. The van der Waals surface area contributed by atoms with Crippen LogP contribution in [-0.2, 0) is 14.8 Å². The van der Waals surface area contributed by atoms with E-state index >= 15 is 0 Å². The van der Waals surface area contributed by atoms with Gasteiger partial charge in [-0.15, -0.1) is 0 Å². The molecule has 0 atom stereocenters. The summed E-state index contributed by atoms with van der Waals surface area (Å²) in [6.45, 7) is 3.53. The number of rotatable bonds is 6. The fourth-order valence-corrected chi connectivity index (χ4v) is 2.93. The summed E-state index contributed by atoms with van der Waals surface area (Å²) >= 11 is 0. The molecule has 0 aromatic heterocycles. The van der Waals surface area contributed by atoms with Gasteiger partial charge in [-0.3, -0.25) is 4.79 Å². The number of carbonyl (C=O) groups is 1. The molecule has 0 radical (unpaired) electrons. The highest BCUT2D eigenvalue weighted by Gasteiger charge is 2.19. The first-order valence-electron chi connectivity index (χ1n) is 6.10. The minimum atomic E-state index is -3.90. The summed E-state index contributed by atoms with van der Waals surface area (Å²) in [5, 5.41) is 2.55. The minimum absolute atomic E-state index is 0.00953. The maximum absolute atomic E-state index is 13.5. The number of hydrogen-bond donors (Lipinski definition) is 3. The Hall–Kier alpha value is -1.67. The van der Waals surface area contributed by atoms with Crippen molar-refractivity contribution in [1.82, 2.24) is 10.0 Å². The fourth-order valence-electron chi connectivity index (χ4n) is 1.61. The summed E-state index contributed by atoms with van der Waals surface area (Å²) in [4.78, 5) is 11.0. The highest BCUT2D eigenvalue weighted by molar-refractivity contribution is 7.89. The summed E-state index contributed by atoms with van der Waals surface area (Å²) < 4.78 is 39.8. The molecule has 0 bridgehead atoms. The van der Waals surface area contributed by atoms with Crippen molar-refractivity contribution in [3.05, 3.63) is 23.5 Å². The van der Waals surface area contributed by atoms with Gasteiger partial charge >= 0.3 is 0 Å². The molecule has 20 heavy (non-hydrogen) atoms. The Balaban J connectivity index is 2.82. The molecule has 1 aromatic rings. The van der Waals surface area contributed by atoms with Gasteiger partial charge in [0, 0.05) is 30.8 Å². The molecule has 1 amide bonds. The van der Waals surface area contributed by atoms with Crippen LogP contribution < -0.4 is 15.8 Å². The number of halogens is 1. The first-order chi connectivity index (χ1) is 9.27. The van der Waals surface area contributed by atoms with Gasteiger partial charge in [0.05, 0.1) is 4.90 Å². The first-order valence-corrected chi connectivity index (χ1v) is 7.58. The van der Waals surface area contributed by atoms with E-state index in [1.165, 1.54) is 13.0 Å². The molecule has 0 aliphatic carbocycles. The van der Waals surface area contributed by atoms with E-state index in [9.17, 15) is 17.6 Å². The highest BCUT2D eigenvalue weighted by Crippen LogP contribution is 2.21. The number of hydrogen-bond acceptors (Lipinski definition) is 4. The van der Waals surface area contributed by atoms with Gasteiger partial charge in [0.2, 0.25) is 15.9 Å². The summed E-state index contributed by atoms with van der Waals surface area (Å²) in [5.74, 6) is -0.945. The second-order valence-corrected chi connectivity index (χ2v) is 5.96. The van der Waals surface area contributed by atoms with E-state index < -0.39 is 15.8 Å². The van der Waals surface area contributed by atoms with E-state index in [1.807, 2.05) is 0 Å². The molecule has 8 heteroatoms. The Labute approximate surface area is 117 Å². The van der Waals surface area contributed by atoms with Gasteiger partial charge in [-0.2, -0.15) is 0 Å². The summed E-state index contributed by atoms with van der Waals surface area (Å²) in [5.41, 5.74) is 5.46. The average Bonchev–Trinajstić information content (AvgIpc) is 2.33. The monoisotopic (exact) mass is 303 g/mol. The van der Waals surface area contributed by atoms with Crippen LogP contribution in [0.15, 0.2) is 17.0 Å². The lowest BCUT2D eigenvalue weighted by atomic mass is 10.2. The van der Waals surface area contributed by atoms with Crippen LogP contribution in [0.25, 0.3) is 0 Å². The van der Waals surface area contributed by atoms with E-state index in [0.29, 0.717) is 6.54 Å². The topological polar surface area (TPSA) is 101 Å². The van der Waals surface area contributed by atoms with Crippen LogP contribution in [0.2, 0.25) is 0 Å². The van der Waals surface area contributed by atoms with Crippen molar-refractivity contribution in [1.29, 1.82) is 0 Å². The van der Waals surface area contributed by atoms with E-state index in [4.69, 9.17) is 5.73 Å². The molecule has 0 unspecified atom stereocenters. The van der Waals surface area contributed by atoms with Gasteiger partial charge < -0.3 is 11.1 Å². The number of nitrogen functional groups attached to an aromatic ring is 1. The fraction of sp³-hybridized carbons (Fsp3) is 0.417. The van der Waals surface area contributed by atoms with Crippen molar-refractivity contribution in [2.75, 3.05) is 18.8 Å². The number of amides is 1. The molecular weight excluding hydrogens is 285 g/mol. The maximum Gasteiger partial charge on any atom is 0.241 e. The van der Waals surface area contributed by atoms with E-state index in [0.717, 1.165) is 6.07 Å². The molecule has 0 heterocycles. The first kappa shape index (κ1) is 16.4. The molecular formula is C12H18FN3O3S. The quantitative estimate of drug-likeness (QED) is 0.667. The molecule has 4 N–H and O–H groups in total. The molecule has 0 fully saturated rings. The van der Waals surface area contributed by atoms with Crippen molar-refractivity contribution in [3.8, 4) is 0 Å². The number of sulfonamides is 1. The van der Waals surface area contributed by atoms with Crippen molar-refractivity contribution >= 4 is 21.6 Å². The Morgan fingerprint density at radius 3 is 2.65 bits per heavy atom. The standard InChI is InChI=1S/C12H18FN3O3S/c1-3-15-12(17)4-5-16-20(18,19)11-7-9(14)6-10(13)8(11)2/h6-7,16H,3-5,14H2,1-2H3,(H,15,17). The van der Waals surface area contributed by atoms with Gasteiger partial charge in [-0.1, -0.05) is 0 Å². The smallest absolute Gasteiger partial charge is 0.241 e. The zero-order valence-electron chi connectivity index (χ0n) is 11.4. The number of nitrogens with one attached hydrogen (secondary N) is 2. The van der Waals surface area contributed by atoms with Crippen LogP contribution in [0.3, 0.4) is 0 Å². The average molecular weight is 303 g/mol. The zero-order chi connectivity index (χ0) is 15.3. The van der Waals surface area contributed by atoms with Crippen molar-refractivity contribution in [3.63, 3.8) is 0 Å². The van der Waals surface area contributed by atoms with E-state index in [-0.39, 0.29) is 35.0 Å². The molecule has 112 valence electrons. The van der Waals surface area contributed by atoms with Crippen LogP contribution in [0.5, 0.6) is 0 Å². The second-order valence-electron chi connectivity index (χ2n) is 4.23. The third kappa shape index (κ3) is 4.17. The lowest BCUT2D eigenvalue weighted by molar-refractivity contribution is -0.120. The molecule has 0 spiro atoms. The number of benzene rings is 1. The molecule has 1 rings (SSSR count). The van der Waals surface area contributed by atoms with Gasteiger partial charge in [0.1, 0.15) is 5.82 Å². The molecule has 0 saturated heterocycles. The van der Waals surface area contributed by atoms with Crippen LogP contribution in [0.1, 0.15) is 18.9 Å². The highest BCUT2D eigenvalue weighted by atomic mass is 32.2. The largest absolute Gasteiger partial charge is 0.399 e. The van der Waals surface area contributed by atoms with Crippen molar-refractivity contribution < 1.29 is 17.6 Å². The Morgan fingerprint density at radius 1 is 1.40 bits per heavy atom. The normalized spacial score (nSPS) is 11.3. The van der Waals surface area contributed by atoms with Gasteiger partial charge in [-0.05, 0) is 26.0 Å². The van der Waals surface area contributed by atoms with E-state index in [2.05, 4.69) is 10.0 Å². The predicted octanol–water partition coefficient (Wildman–Crippen LogP) is 0.521. The molecule has 0 aliphatic heterocycles. The summed E-state index contributed by atoms with van der Waals surface area (Å²) in [7, 11) is -3.90. The van der Waals surface area contributed by atoms with Crippen LogP contribution in [-0.4, -0.2) is 27.4 Å². The SMILES string of the molecule is CCNC(=O)CCNS(=O)(=O)c1cc(N)cc(F)c1C.